The van der Waals surface area contributed by atoms with Crippen molar-refractivity contribution in [1.82, 2.24) is 20.3 Å². The lowest BCUT2D eigenvalue weighted by atomic mass is 10.2. The molecule has 1 aromatic carbocycles. The maximum Gasteiger partial charge on any atom is 0.271 e. The van der Waals surface area contributed by atoms with Crippen LogP contribution >= 0.6 is 0 Å². The van der Waals surface area contributed by atoms with Gasteiger partial charge >= 0.3 is 0 Å². The third kappa shape index (κ3) is 4.94. The first kappa shape index (κ1) is 19.1. The van der Waals surface area contributed by atoms with Gasteiger partial charge in [0.2, 0.25) is 0 Å². The van der Waals surface area contributed by atoms with Crippen molar-refractivity contribution < 1.29 is 14.3 Å². The van der Waals surface area contributed by atoms with Crippen LogP contribution < -0.4 is 20.1 Å². The average Bonchev–Trinajstić information content (AvgIpc) is 2.76. The fraction of sp³-hybridized carbons (Fsp3) is 0.200. The van der Waals surface area contributed by atoms with Gasteiger partial charge in [-0.25, -0.2) is 9.97 Å². The molecule has 0 aliphatic heterocycles. The minimum absolute atomic E-state index is 0.240. The molecule has 0 aliphatic rings. The maximum absolute atomic E-state index is 12.3. The number of carbonyl (C=O) groups is 1. The second kappa shape index (κ2) is 9.31. The van der Waals surface area contributed by atoms with Crippen LogP contribution in [0.4, 0.5) is 5.82 Å². The highest BCUT2D eigenvalue weighted by Crippen LogP contribution is 2.27. The molecule has 0 atom stereocenters. The summed E-state index contributed by atoms with van der Waals surface area (Å²) in [5.74, 6) is 1.51. The van der Waals surface area contributed by atoms with Crippen LogP contribution in [0.2, 0.25) is 0 Å². The highest BCUT2D eigenvalue weighted by molar-refractivity contribution is 5.91. The molecule has 0 saturated heterocycles. The summed E-state index contributed by atoms with van der Waals surface area (Å²) in [6, 6.07) is 11.2. The highest BCUT2D eigenvalue weighted by Gasteiger charge is 2.10. The van der Waals surface area contributed by atoms with E-state index in [9.17, 15) is 4.79 Å². The van der Waals surface area contributed by atoms with Crippen LogP contribution in [0.15, 0.2) is 55.0 Å². The van der Waals surface area contributed by atoms with Crippen molar-refractivity contribution in [3.63, 3.8) is 0 Å². The molecule has 3 aromatic rings. The smallest absolute Gasteiger partial charge is 0.271 e. The molecule has 0 bridgehead atoms. The molecule has 1 amide bonds. The van der Waals surface area contributed by atoms with E-state index < -0.39 is 0 Å². The Labute approximate surface area is 163 Å². The minimum atomic E-state index is -0.307. The second-order valence-corrected chi connectivity index (χ2v) is 5.83. The number of amides is 1. The Morgan fingerprint density at radius 2 is 1.82 bits per heavy atom. The fourth-order valence-electron chi connectivity index (χ4n) is 2.48. The molecular weight excluding hydrogens is 358 g/mol. The predicted octanol–water partition coefficient (Wildman–Crippen LogP) is 2.43. The summed E-state index contributed by atoms with van der Waals surface area (Å²) in [6.07, 6.45) is 4.69. The van der Waals surface area contributed by atoms with Crippen LogP contribution in [0.25, 0.3) is 0 Å². The Balaban J connectivity index is 1.54. The van der Waals surface area contributed by atoms with Crippen LogP contribution in [0.5, 0.6) is 11.5 Å². The zero-order chi connectivity index (χ0) is 19.8. The van der Waals surface area contributed by atoms with Crippen molar-refractivity contribution in [3.05, 3.63) is 71.9 Å². The number of nitrogens with zero attached hydrogens (tertiary/aromatic N) is 3. The summed E-state index contributed by atoms with van der Waals surface area (Å²) in [4.78, 5) is 24.9. The van der Waals surface area contributed by atoms with Gasteiger partial charge in [-0.2, -0.15) is 0 Å². The molecule has 8 nitrogen and oxygen atoms in total. The lowest BCUT2D eigenvalue weighted by Crippen LogP contribution is -2.24. The van der Waals surface area contributed by atoms with Gasteiger partial charge in [-0.1, -0.05) is 12.1 Å². The predicted molar refractivity (Wildman–Crippen MR) is 104 cm³/mol. The number of carbonyl (C=O) groups excluding carboxylic acids is 1. The molecule has 0 saturated carbocycles. The van der Waals surface area contributed by atoms with Crippen molar-refractivity contribution in [3.8, 4) is 11.5 Å². The standard InChI is InChI=1S/C20H21N5O3/c1-27-17-7-6-14(9-18(17)28-2)10-25-20(26)16-12-24-19(13-22-16)23-11-15-5-3-4-8-21-15/h3-9,12-13H,10-11H2,1-2H3,(H,23,24)(H,25,26). The van der Waals surface area contributed by atoms with Gasteiger partial charge in [0.25, 0.3) is 5.91 Å². The van der Waals surface area contributed by atoms with E-state index in [1.807, 2.05) is 30.3 Å². The summed E-state index contributed by atoms with van der Waals surface area (Å²) in [5.41, 5.74) is 2.01. The third-order valence-corrected chi connectivity index (χ3v) is 3.96. The zero-order valence-electron chi connectivity index (χ0n) is 15.7. The molecule has 144 valence electrons. The molecule has 0 spiro atoms. The molecule has 0 radical (unpaired) electrons. The largest absolute Gasteiger partial charge is 0.493 e. The quantitative estimate of drug-likeness (QED) is 0.620. The number of nitrogens with one attached hydrogen (secondary N) is 2. The van der Waals surface area contributed by atoms with E-state index in [2.05, 4.69) is 25.6 Å². The van der Waals surface area contributed by atoms with E-state index in [0.29, 0.717) is 30.4 Å². The van der Waals surface area contributed by atoms with Crippen LogP contribution in [0, 0.1) is 0 Å². The van der Waals surface area contributed by atoms with E-state index in [-0.39, 0.29) is 11.6 Å². The average molecular weight is 379 g/mol. The van der Waals surface area contributed by atoms with Gasteiger partial charge in [0.15, 0.2) is 11.5 Å². The zero-order valence-corrected chi connectivity index (χ0v) is 15.7. The number of hydrogen-bond donors (Lipinski definition) is 2. The molecular formula is C20H21N5O3. The van der Waals surface area contributed by atoms with Crippen LogP contribution in [-0.4, -0.2) is 35.1 Å². The first-order valence-electron chi connectivity index (χ1n) is 8.64. The van der Waals surface area contributed by atoms with E-state index in [1.54, 1.807) is 26.5 Å². The van der Waals surface area contributed by atoms with Crippen molar-refractivity contribution in [2.75, 3.05) is 19.5 Å². The van der Waals surface area contributed by atoms with E-state index in [1.165, 1.54) is 12.4 Å². The Morgan fingerprint density at radius 3 is 2.50 bits per heavy atom. The summed E-state index contributed by atoms with van der Waals surface area (Å²) in [7, 11) is 3.14. The van der Waals surface area contributed by atoms with Gasteiger partial charge < -0.3 is 20.1 Å². The molecule has 2 aromatic heterocycles. The van der Waals surface area contributed by atoms with Gasteiger partial charge in [-0.3, -0.25) is 9.78 Å². The van der Waals surface area contributed by atoms with Crippen LogP contribution in [0.3, 0.4) is 0 Å². The van der Waals surface area contributed by atoms with Gasteiger partial charge in [-0.15, -0.1) is 0 Å². The monoisotopic (exact) mass is 379 g/mol. The SMILES string of the molecule is COc1ccc(CNC(=O)c2cnc(NCc3ccccn3)cn2)cc1OC. The summed E-state index contributed by atoms with van der Waals surface area (Å²) in [6.45, 7) is 0.862. The van der Waals surface area contributed by atoms with Gasteiger partial charge in [-0.05, 0) is 29.8 Å². The first-order valence-corrected chi connectivity index (χ1v) is 8.64. The van der Waals surface area contributed by atoms with Gasteiger partial charge in [0.05, 0.1) is 38.9 Å². The lowest BCUT2D eigenvalue weighted by Gasteiger charge is -2.10. The summed E-state index contributed by atoms with van der Waals surface area (Å²) >= 11 is 0. The molecule has 2 N–H and O–H groups in total. The van der Waals surface area contributed by atoms with Crippen LogP contribution in [-0.2, 0) is 13.1 Å². The topological polar surface area (TPSA) is 98.3 Å². The second-order valence-electron chi connectivity index (χ2n) is 5.83. The Hall–Kier alpha value is -3.68. The van der Waals surface area contributed by atoms with E-state index >= 15 is 0 Å². The van der Waals surface area contributed by atoms with E-state index in [0.717, 1.165) is 11.3 Å². The lowest BCUT2D eigenvalue weighted by molar-refractivity contribution is 0.0945. The van der Waals surface area contributed by atoms with Crippen molar-refractivity contribution in [2.24, 2.45) is 0 Å². The molecule has 8 heteroatoms. The number of ether oxygens (including phenoxy) is 2. The van der Waals surface area contributed by atoms with Gasteiger partial charge in [0, 0.05) is 12.7 Å². The number of anilines is 1. The van der Waals surface area contributed by atoms with Crippen molar-refractivity contribution in [1.29, 1.82) is 0 Å². The molecule has 0 fully saturated rings. The molecule has 0 aliphatic carbocycles. The number of benzene rings is 1. The summed E-state index contributed by atoms with van der Waals surface area (Å²) < 4.78 is 10.5. The van der Waals surface area contributed by atoms with Crippen molar-refractivity contribution in [2.45, 2.75) is 13.1 Å². The first-order chi connectivity index (χ1) is 13.7. The molecule has 0 unspecified atom stereocenters. The molecule has 28 heavy (non-hydrogen) atoms. The number of rotatable bonds is 8. The third-order valence-electron chi connectivity index (χ3n) is 3.96. The Kier molecular flexibility index (Phi) is 6.35. The number of aromatic nitrogens is 3. The van der Waals surface area contributed by atoms with E-state index in [4.69, 9.17) is 9.47 Å². The maximum atomic E-state index is 12.3. The molecule has 3 rings (SSSR count). The van der Waals surface area contributed by atoms with Gasteiger partial charge in [0.1, 0.15) is 11.5 Å². The highest BCUT2D eigenvalue weighted by atomic mass is 16.5. The number of hydrogen-bond acceptors (Lipinski definition) is 7. The van der Waals surface area contributed by atoms with Crippen molar-refractivity contribution >= 4 is 11.7 Å². The minimum Gasteiger partial charge on any atom is -0.493 e. The number of methoxy groups -OCH3 is 2. The normalized spacial score (nSPS) is 10.2. The molecule has 2 heterocycles. The summed E-state index contributed by atoms with van der Waals surface area (Å²) in [5, 5.41) is 5.93. The Morgan fingerprint density at radius 1 is 0.964 bits per heavy atom. The number of pyridine rings is 1. The van der Waals surface area contributed by atoms with Crippen LogP contribution in [0.1, 0.15) is 21.7 Å². The fourth-order valence-corrected chi connectivity index (χ4v) is 2.48. The Bertz CT molecular complexity index is 917.